The highest BCUT2D eigenvalue weighted by Gasteiger charge is 2.20. The number of rotatable bonds is 8. The van der Waals surface area contributed by atoms with Crippen LogP contribution in [0.2, 0.25) is 0 Å². The molecule has 0 fully saturated rings. The topological polar surface area (TPSA) is 66.4 Å². The van der Waals surface area contributed by atoms with Gasteiger partial charge in [0.05, 0.1) is 5.92 Å². The molecule has 0 spiro atoms. The zero-order valence-electron chi connectivity index (χ0n) is 13.0. The highest BCUT2D eigenvalue weighted by Crippen LogP contribution is 2.25. The minimum absolute atomic E-state index is 0.0425. The second kappa shape index (κ2) is 8.18. The monoisotopic (exact) mass is 271 g/mol. The van der Waals surface area contributed by atoms with Crippen LogP contribution in [0, 0.1) is 17.3 Å². The summed E-state index contributed by atoms with van der Waals surface area (Å²) >= 11 is 0. The molecule has 0 aliphatic rings. The van der Waals surface area contributed by atoms with E-state index in [2.05, 4.69) is 33.0 Å². The van der Waals surface area contributed by atoms with E-state index in [1.165, 1.54) is 0 Å². The van der Waals surface area contributed by atoms with Crippen molar-refractivity contribution >= 4 is 11.9 Å². The van der Waals surface area contributed by atoms with Crippen LogP contribution in [0.25, 0.3) is 0 Å². The third kappa shape index (κ3) is 9.51. The molecule has 0 aromatic heterocycles. The van der Waals surface area contributed by atoms with E-state index in [4.69, 9.17) is 5.11 Å². The molecule has 2 N–H and O–H groups in total. The molecule has 112 valence electrons. The molecule has 0 aromatic carbocycles. The molecular weight excluding hydrogens is 242 g/mol. The smallest absolute Gasteiger partial charge is 0.308 e. The third-order valence-corrected chi connectivity index (χ3v) is 3.03. The molecule has 0 heterocycles. The maximum Gasteiger partial charge on any atom is 0.308 e. The number of aliphatic carboxylic acids is 1. The van der Waals surface area contributed by atoms with Gasteiger partial charge in [0.2, 0.25) is 5.91 Å². The molecule has 0 rings (SSSR count). The average Bonchev–Trinajstić information content (AvgIpc) is 2.20. The van der Waals surface area contributed by atoms with Gasteiger partial charge in [0, 0.05) is 13.0 Å². The molecule has 0 aliphatic heterocycles. The molecule has 4 nitrogen and oxygen atoms in total. The second-order valence-corrected chi connectivity index (χ2v) is 6.70. The second-order valence-electron chi connectivity index (χ2n) is 6.70. The summed E-state index contributed by atoms with van der Waals surface area (Å²) in [7, 11) is 0. The number of amides is 1. The maximum absolute atomic E-state index is 11.8. The lowest BCUT2D eigenvalue weighted by molar-refractivity contribution is -0.141. The first-order valence-electron chi connectivity index (χ1n) is 7.15. The van der Waals surface area contributed by atoms with Gasteiger partial charge in [0.1, 0.15) is 0 Å². The van der Waals surface area contributed by atoms with Gasteiger partial charge < -0.3 is 10.4 Å². The highest BCUT2D eigenvalue weighted by molar-refractivity contribution is 5.77. The molecule has 0 bridgehead atoms. The van der Waals surface area contributed by atoms with Gasteiger partial charge in [-0.15, -0.1) is 0 Å². The largest absolute Gasteiger partial charge is 0.481 e. The van der Waals surface area contributed by atoms with Crippen LogP contribution in [0.5, 0.6) is 0 Å². The molecule has 2 atom stereocenters. The fourth-order valence-electron chi connectivity index (χ4n) is 2.40. The van der Waals surface area contributed by atoms with Crippen LogP contribution in [0.15, 0.2) is 0 Å². The van der Waals surface area contributed by atoms with E-state index >= 15 is 0 Å². The van der Waals surface area contributed by atoms with Gasteiger partial charge in [-0.3, -0.25) is 9.59 Å². The van der Waals surface area contributed by atoms with Gasteiger partial charge in [-0.2, -0.15) is 0 Å². The molecule has 0 aromatic rings. The minimum Gasteiger partial charge on any atom is -0.481 e. The van der Waals surface area contributed by atoms with Crippen molar-refractivity contribution in [1.29, 1.82) is 0 Å². The fraction of sp³-hybridized carbons (Fsp3) is 0.867. The van der Waals surface area contributed by atoms with E-state index in [9.17, 15) is 9.59 Å². The number of carbonyl (C=O) groups excluding carboxylic acids is 1. The van der Waals surface area contributed by atoms with Crippen molar-refractivity contribution in [1.82, 2.24) is 5.32 Å². The number of carbonyl (C=O) groups is 2. The van der Waals surface area contributed by atoms with E-state index in [0.29, 0.717) is 18.8 Å². The predicted octanol–water partition coefficient (Wildman–Crippen LogP) is 3.07. The van der Waals surface area contributed by atoms with Crippen molar-refractivity contribution < 1.29 is 14.7 Å². The molecule has 4 heteroatoms. The quantitative estimate of drug-likeness (QED) is 0.713. The standard InChI is InChI=1S/C15H29NO3/c1-6-7-12(14(18)19)10-16-13(17)8-11(2)9-15(3,4)5/h11-12H,6-10H2,1-5H3,(H,16,17)(H,18,19). The maximum atomic E-state index is 11.8. The van der Waals surface area contributed by atoms with Crippen molar-refractivity contribution in [3.63, 3.8) is 0 Å². The zero-order chi connectivity index (χ0) is 15.1. The first-order chi connectivity index (χ1) is 8.65. The fourth-order valence-corrected chi connectivity index (χ4v) is 2.40. The van der Waals surface area contributed by atoms with Crippen molar-refractivity contribution in [3.8, 4) is 0 Å². The lowest BCUT2D eigenvalue weighted by Gasteiger charge is -2.23. The summed E-state index contributed by atoms with van der Waals surface area (Å²) in [4.78, 5) is 22.7. The van der Waals surface area contributed by atoms with E-state index in [1.54, 1.807) is 0 Å². The molecule has 2 unspecified atom stereocenters. The molecule has 19 heavy (non-hydrogen) atoms. The van der Waals surface area contributed by atoms with Gasteiger partial charge in [0.25, 0.3) is 0 Å². The van der Waals surface area contributed by atoms with E-state index in [1.807, 2.05) is 6.92 Å². The molecule has 0 radical (unpaired) electrons. The van der Waals surface area contributed by atoms with Crippen LogP contribution in [0.4, 0.5) is 0 Å². The first kappa shape index (κ1) is 17.9. The molecule has 1 amide bonds. The number of hydrogen-bond donors (Lipinski definition) is 2. The lowest BCUT2D eigenvalue weighted by atomic mass is 9.84. The molecule has 0 aliphatic carbocycles. The van der Waals surface area contributed by atoms with Crippen molar-refractivity contribution in [2.45, 2.75) is 60.3 Å². The molecule has 0 saturated carbocycles. The van der Waals surface area contributed by atoms with E-state index < -0.39 is 11.9 Å². The third-order valence-electron chi connectivity index (χ3n) is 3.03. The summed E-state index contributed by atoms with van der Waals surface area (Å²) in [5.41, 5.74) is 0.214. The summed E-state index contributed by atoms with van der Waals surface area (Å²) in [6, 6.07) is 0. The van der Waals surface area contributed by atoms with Crippen molar-refractivity contribution in [2.24, 2.45) is 17.3 Å². The van der Waals surface area contributed by atoms with Crippen LogP contribution in [0.1, 0.15) is 60.3 Å². The Balaban J connectivity index is 4.07. The first-order valence-corrected chi connectivity index (χ1v) is 7.15. The molecular formula is C15H29NO3. The van der Waals surface area contributed by atoms with E-state index in [0.717, 1.165) is 12.8 Å². The summed E-state index contributed by atoms with van der Waals surface area (Å²) in [6.07, 6.45) is 2.87. The normalized spacial score (nSPS) is 14.8. The Labute approximate surface area is 117 Å². The van der Waals surface area contributed by atoms with Crippen molar-refractivity contribution in [3.05, 3.63) is 0 Å². The van der Waals surface area contributed by atoms with Crippen LogP contribution in [-0.2, 0) is 9.59 Å². The van der Waals surface area contributed by atoms with Gasteiger partial charge in [0.15, 0.2) is 0 Å². The summed E-state index contributed by atoms with van der Waals surface area (Å²) in [5.74, 6) is -1.02. The Bertz CT molecular complexity index is 294. The van der Waals surface area contributed by atoms with Crippen LogP contribution in [0.3, 0.4) is 0 Å². The van der Waals surface area contributed by atoms with Crippen LogP contribution in [-0.4, -0.2) is 23.5 Å². The minimum atomic E-state index is -0.829. The summed E-state index contributed by atoms with van der Waals surface area (Å²) in [6.45, 7) is 10.7. The summed E-state index contributed by atoms with van der Waals surface area (Å²) < 4.78 is 0. The van der Waals surface area contributed by atoms with Gasteiger partial charge in [-0.05, 0) is 24.2 Å². The van der Waals surface area contributed by atoms with Crippen molar-refractivity contribution in [2.75, 3.05) is 6.54 Å². The average molecular weight is 271 g/mol. The van der Waals surface area contributed by atoms with Gasteiger partial charge >= 0.3 is 5.97 Å². The molecule has 0 saturated heterocycles. The predicted molar refractivity (Wildman–Crippen MR) is 76.9 cm³/mol. The lowest BCUT2D eigenvalue weighted by Crippen LogP contribution is -2.33. The number of hydrogen-bond acceptors (Lipinski definition) is 2. The van der Waals surface area contributed by atoms with E-state index in [-0.39, 0.29) is 17.9 Å². The van der Waals surface area contributed by atoms with Gasteiger partial charge in [-0.1, -0.05) is 41.0 Å². The Morgan fingerprint density at radius 1 is 1.26 bits per heavy atom. The Morgan fingerprint density at radius 2 is 1.84 bits per heavy atom. The van der Waals surface area contributed by atoms with Crippen LogP contribution < -0.4 is 5.32 Å². The zero-order valence-corrected chi connectivity index (χ0v) is 13.0. The Morgan fingerprint density at radius 3 is 2.26 bits per heavy atom. The summed E-state index contributed by atoms with van der Waals surface area (Å²) in [5, 5.41) is 11.7. The Kier molecular flexibility index (Phi) is 7.72. The SMILES string of the molecule is CCCC(CNC(=O)CC(C)CC(C)(C)C)C(=O)O. The highest BCUT2D eigenvalue weighted by atomic mass is 16.4. The number of carboxylic acid groups (broad SMARTS) is 1. The van der Waals surface area contributed by atoms with Gasteiger partial charge in [-0.25, -0.2) is 0 Å². The number of carboxylic acids is 1. The number of nitrogens with one attached hydrogen (secondary N) is 1. The Hall–Kier alpha value is -1.06. The van der Waals surface area contributed by atoms with Crippen LogP contribution >= 0.6 is 0 Å².